The Balaban J connectivity index is 1.71. The van der Waals surface area contributed by atoms with Gasteiger partial charge in [0.15, 0.2) is 0 Å². The van der Waals surface area contributed by atoms with E-state index in [1.54, 1.807) is 6.20 Å². The molecule has 1 aromatic rings. The smallest absolute Gasteiger partial charge is 0.126 e. The fourth-order valence-corrected chi connectivity index (χ4v) is 3.23. The molecule has 0 saturated heterocycles. The molecular weight excluding hydrogens is 186 g/mol. The van der Waals surface area contributed by atoms with Gasteiger partial charge in [-0.1, -0.05) is 6.92 Å². The van der Waals surface area contributed by atoms with E-state index >= 15 is 0 Å². The van der Waals surface area contributed by atoms with Crippen molar-refractivity contribution in [2.45, 2.75) is 31.7 Å². The van der Waals surface area contributed by atoms with Crippen molar-refractivity contribution in [3.63, 3.8) is 0 Å². The Morgan fingerprint density at radius 3 is 2.60 bits per heavy atom. The Kier molecular flexibility index (Phi) is 1.46. The first-order valence-electron chi connectivity index (χ1n) is 5.28. The van der Waals surface area contributed by atoms with E-state index in [0.29, 0.717) is 16.5 Å². The highest BCUT2D eigenvalue weighted by Gasteiger charge is 2.65. The monoisotopic (exact) mass is 199 g/mol. The van der Waals surface area contributed by atoms with Crippen molar-refractivity contribution < 1.29 is 0 Å². The van der Waals surface area contributed by atoms with Crippen LogP contribution < -0.4 is 5.32 Å². The van der Waals surface area contributed by atoms with Crippen molar-refractivity contribution in [1.82, 2.24) is 4.98 Å². The van der Waals surface area contributed by atoms with Gasteiger partial charge in [0.05, 0.1) is 5.56 Å². The van der Waals surface area contributed by atoms with Crippen LogP contribution in [0.2, 0.25) is 0 Å². The lowest BCUT2D eigenvalue weighted by Gasteiger charge is -2.69. The van der Waals surface area contributed by atoms with Gasteiger partial charge in [-0.2, -0.15) is 5.26 Å². The SMILES string of the molecule is CC12CC(Nc3ccc(C#N)cn3)(C1)C2. The van der Waals surface area contributed by atoms with Crippen LogP contribution in [0.1, 0.15) is 31.7 Å². The zero-order valence-corrected chi connectivity index (χ0v) is 8.75. The molecule has 0 spiro atoms. The summed E-state index contributed by atoms with van der Waals surface area (Å²) in [6.07, 6.45) is 5.42. The summed E-state index contributed by atoms with van der Waals surface area (Å²) in [5.41, 5.74) is 1.56. The lowest BCUT2D eigenvalue weighted by Crippen LogP contribution is -2.69. The number of nitrogens with one attached hydrogen (secondary N) is 1. The van der Waals surface area contributed by atoms with E-state index in [0.717, 1.165) is 5.82 Å². The van der Waals surface area contributed by atoms with E-state index in [2.05, 4.69) is 23.3 Å². The second kappa shape index (κ2) is 2.52. The molecule has 1 N–H and O–H groups in total. The predicted molar refractivity (Wildman–Crippen MR) is 57.3 cm³/mol. The molecule has 4 rings (SSSR count). The molecule has 76 valence electrons. The second-order valence-corrected chi connectivity index (χ2v) is 5.29. The van der Waals surface area contributed by atoms with Gasteiger partial charge in [0.25, 0.3) is 0 Å². The molecule has 3 aliphatic carbocycles. The molecule has 0 radical (unpaired) electrons. The molecule has 3 saturated carbocycles. The van der Waals surface area contributed by atoms with Crippen LogP contribution in [0, 0.1) is 16.7 Å². The van der Waals surface area contributed by atoms with Crippen molar-refractivity contribution in [2.75, 3.05) is 5.32 Å². The van der Waals surface area contributed by atoms with E-state index in [1.165, 1.54) is 19.3 Å². The summed E-state index contributed by atoms with van der Waals surface area (Å²) in [5, 5.41) is 12.1. The lowest BCUT2D eigenvalue weighted by molar-refractivity contribution is -0.0999. The maximum atomic E-state index is 8.65. The molecule has 1 aromatic heterocycles. The normalized spacial score (nSPS) is 36.0. The molecule has 0 aromatic carbocycles. The number of aromatic nitrogens is 1. The maximum absolute atomic E-state index is 8.65. The van der Waals surface area contributed by atoms with Crippen LogP contribution in [0.5, 0.6) is 0 Å². The number of rotatable bonds is 2. The van der Waals surface area contributed by atoms with E-state index in [-0.39, 0.29) is 0 Å². The highest BCUT2D eigenvalue weighted by atomic mass is 15.1. The van der Waals surface area contributed by atoms with Crippen LogP contribution in [-0.4, -0.2) is 10.5 Å². The van der Waals surface area contributed by atoms with Crippen LogP contribution in [-0.2, 0) is 0 Å². The topological polar surface area (TPSA) is 48.7 Å². The fourth-order valence-electron chi connectivity index (χ4n) is 3.23. The highest BCUT2D eigenvalue weighted by Crippen LogP contribution is 2.67. The minimum absolute atomic E-state index is 0.329. The van der Waals surface area contributed by atoms with Gasteiger partial charge in [0.2, 0.25) is 0 Å². The third-order valence-electron chi connectivity index (χ3n) is 3.58. The van der Waals surface area contributed by atoms with E-state index < -0.39 is 0 Å². The Morgan fingerprint density at radius 2 is 2.13 bits per heavy atom. The largest absolute Gasteiger partial charge is 0.365 e. The summed E-state index contributed by atoms with van der Waals surface area (Å²) in [6.45, 7) is 2.34. The van der Waals surface area contributed by atoms with Crippen molar-refractivity contribution >= 4 is 5.82 Å². The number of hydrogen-bond acceptors (Lipinski definition) is 3. The first-order valence-corrected chi connectivity index (χ1v) is 5.28. The molecule has 0 atom stereocenters. The Bertz CT molecular complexity index is 421. The van der Waals surface area contributed by atoms with Gasteiger partial charge >= 0.3 is 0 Å². The number of hydrogen-bond donors (Lipinski definition) is 1. The number of anilines is 1. The molecule has 3 aliphatic rings. The van der Waals surface area contributed by atoms with E-state index in [4.69, 9.17) is 5.26 Å². The molecule has 3 fully saturated rings. The fraction of sp³-hybridized carbons (Fsp3) is 0.500. The van der Waals surface area contributed by atoms with Gasteiger partial charge in [-0.25, -0.2) is 4.98 Å². The number of nitriles is 1. The van der Waals surface area contributed by atoms with Gasteiger partial charge < -0.3 is 5.32 Å². The molecule has 0 unspecified atom stereocenters. The summed E-state index contributed by atoms with van der Waals surface area (Å²) in [6, 6.07) is 5.77. The van der Waals surface area contributed by atoms with Crippen molar-refractivity contribution in [3.05, 3.63) is 23.9 Å². The molecule has 0 aliphatic heterocycles. The minimum Gasteiger partial charge on any atom is -0.365 e. The zero-order chi connectivity index (χ0) is 10.5. The highest BCUT2D eigenvalue weighted by molar-refractivity contribution is 5.45. The molecule has 0 amide bonds. The standard InChI is InChI=1S/C12H13N3/c1-11-6-12(7-11,8-11)15-10-3-2-9(4-13)5-14-10/h2-3,5H,6-8H2,1H3,(H,14,15). The first kappa shape index (κ1) is 8.72. The maximum Gasteiger partial charge on any atom is 0.126 e. The van der Waals surface area contributed by atoms with Crippen molar-refractivity contribution in [2.24, 2.45) is 5.41 Å². The summed E-state index contributed by atoms with van der Waals surface area (Å²) in [7, 11) is 0. The van der Waals surface area contributed by atoms with Gasteiger partial charge in [-0.15, -0.1) is 0 Å². The summed E-state index contributed by atoms with van der Waals surface area (Å²) in [4.78, 5) is 4.23. The number of nitrogens with zero attached hydrogens (tertiary/aromatic N) is 2. The summed E-state index contributed by atoms with van der Waals surface area (Å²) in [5.74, 6) is 0.899. The third kappa shape index (κ3) is 1.21. The summed E-state index contributed by atoms with van der Waals surface area (Å²) >= 11 is 0. The van der Waals surface area contributed by atoms with Gasteiger partial charge in [-0.3, -0.25) is 0 Å². The Morgan fingerprint density at radius 1 is 1.40 bits per heavy atom. The van der Waals surface area contributed by atoms with Crippen LogP contribution in [0.25, 0.3) is 0 Å². The van der Waals surface area contributed by atoms with E-state index in [9.17, 15) is 0 Å². The van der Waals surface area contributed by atoms with Crippen LogP contribution >= 0.6 is 0 Å². The number of pyridine rings is 1. The van der Waals surface area contributed by atoms with Crippen LogP contribution in [0.15, 0.2) is 18.3 Å². The predicted octanol–water partition coefficient (Wildman–Crippen LogP) is 2.31. The van der Waals surface area contributed by atoms with Gasteiger partial charge in [-0.05, 0) is 36.8 Å². The lowest BCUT2D eigenvalue weighted by atomic mass is 9.40. The van der Waals surface area contributed by atoms with Crippen molar-refractivity contribution in [1.29, 1.82) is 5.26 Å². The van der Waals surface area contributed by atoms with Crippen LogP contribution in [0.4, 0.5) is 5.82 Å². The zero-order valence-electron chi connectivity index (χ0n) is 8.75. The molecule has 3 heteroatoms. The Labute approximate surface area is 89.1 Å². The molecule has 15 heavy (non-hydrogen) atoms. The first-order chi connectivity index (χ1) is 7.13. The third-order valence-corrected chi connectivity index (χ3v) is 3.58. The van der Waals surface area contributed by atoms with Gasteiger partial charge in [0, 0.05) is 11.7 Å². The molecular formula is C12H13N3. The average molecular weight is 199 g/mol. The molecule has 2 bridgehead atoms. The quantitative estimate of drug-likeness (QED) is 0.795. The van der Waals surface area contributed by atoms with Crippen LogP contribution in [0.3, 0.4) is 0 Å². The average Bonchev–Trinajstić information content (AvgIpc) is 2.15. The minimum atomic E-state index is 0.329. The van der Waals surface area contributed by atoms with Gasteiger partial charge in [0.1, 0.15) is 11.9 Å². The Hall–Kier alpha value is -1.56. The van der Waals surface area contributed by atoms with E-state index in [1.807, 2.05) is 12.1 Å². The molecule has 1 heterocycles. The van der Waals surface area contributed by atoms with Crippen molar-refractivity contribution in [3.8, 4) is 6.07 Å². The second-order valence-electron chi connectivity index (χ2n) is 5.29. The molecule has 3 nitrogen and oxygen atoms in total. The summed E-state index contributed by atoms with van der Waals surface area (Å²) < 4.78 is 0.